The molecular weight excluding hydrogens is 265 g/mol. The molecule has 0 bridgehead atoms. The maximum atomic E-state index is 10.9. The van der Waals surface area contributed by atoms with Crippen LogP contribution in [-0.2, 0) is 15.1 Å². The number of thiazole rings is 1. The van der Waals surface area contributed by atoms with Crippen LogP contribution in [0.5, 0.6) is 0 Å². The summed E-state index contributed by atoms with van der Waals surface area (Å²) in [4.78, 5) is 18.7. The van der Waals surface area contributed by atoms with E-state index in [2.05, 4.69) is 38.7 Å². The first-order valence-corrected chi connectivity index (χ1v) is 7.19. The highest BCUT2D eigenvalue weighted by atomic mass is 32.1. The Kier molecular flexibility index (Phi) is 4.76. The number of likely N-dealkylation sites (tertiary alicyclic amines) is 1. The molecule has 1 fully saturated rings. The molecule has 18 heavy (non-hydrogen) atoms. The van der Waals surface area contributed by atoms with Crippen molar-refractivity contribution < 1.29 is 8.58 Å². The Labute approximate surface area is 119 Å². The second-order valence-corrected chi connectivity index (χ2v) is 5.97. The van der Waals surface area contributed by atoms with Crippen LogP contribution in [0.1, 0.15) is 25.1 Å². The normalized spacial score (nSPS) is 24.3. The van der Waals surface area contributed by atoms with E-state index in [1.165, 1.54) is 18.3 Å². The Balaban J connectivity index is 1.93. The fourth-order valence-electron chi connectivity index (χ4n) is 2.15. The van der Waals surface area contributed by atoms with Gasteiger partial charge < -0.3 is 9.11 Å². The summed E-state index contributed by atoms with van der Waals surface area (Å²) in [5, 5.41) is 3.37. The van der Waals surface area contributed by atoms with Crippen molar-refractivity contribution in [1.29, 1.82) is 0 Å². The molecule has 1 aromatic rings. The quantitative estimate of drug-likeness (QED) is 0.842. The van der Waals surface area contributed by atoms with Crippen LogP contribution in [0.25, 0.3) is 0 Å². The molecule has 2 atom stereocenters. The first-order chi connectivity index (χ1) is 8.58. The highest BCUT2D eigenvalue weighted by Gasteiger charge is 2.28. The van der Waals surface area contributed by atoms with Crippen LogP contribution in [0.2, 0.25) is 0 Å². The average molecular weight is 281 g/mol. The fourth-order valence-corrected chi connectivity index (χ4v) is 3.24. The molecule has 1 amide bonds. The average Bonchev–Trinajstić information content (AvgIpc) is 2.86. The van der Waals surface area contributed by atoms with Crippen molar-refractivity contribution in [3.63, 3.8) is 0 Å². The topological polar surface area (TPSA) is 54.5 Å². The third-order valence-corrected chi connectivity index (χ3v) is 4.34. The first kappa shape index (κ1) is 14.0. The molecule has 1 aromatic heterocycles. The molecule has 1 N–H and O–H groups in total. The van der Waals surface area contributed by atoms with Crippen molar-refractivity contribution in [1.82, 2.24) is 9.88 Å². The number of hydrogen-bond acceptors (Lipinski definition) is 5. The van der Waals surface area contributed by atoms with Crippen LogP contribution in [0.4, 0.5) is 5.13 Å². The molecule has 0 aromatic carbocycles. The summed E-state index contributed by atoms with van der Waals surface area (Å²) in [6, 6.07) is 0.516. The van der Waals surface area contributed by atoms with Crippen LogP contribution in [0.15, 0.2) is 6.20 Å². The van der Waals surface area contributed by atoms with Gasteiger partial charge in [-0.15, -0.1) is 11.3 Å². The van der Waals surface area contributed by atoms with E-state index in [1.54, 1.807) is 0 Å². The highest BCUT2D eigenvalue weighted by molar-refractivity contribution is 7.15. The first-order valence-electron chi connectivity index (χ1n) is 5.90. The third kappa shape index (κ3) is 3.53. The van der Waals surface area contributed by atoms with E-state index in [-0.39, 0.29) is 5.91 Å². The van der Waals surface area contributed by atoms with E-state index < -0.39 is 0 Å². The molecule has 2 radical (unpaired) electrons. The summed E-state index contributed by atoms with van der Waals surface area (Å²) in [5.41, 5.74) is 0. The second kappa shape index (κ2) is 6.13. The SMILES string of the molecule is CC(=O)Nc1ncc(CN2C[C@H]([O][Al])C[C@@H]2C)s1. The minimum atomic E-state index is -0.0816. The van der Waals surface area contributed by atoms with E-state index >= 15 is 0 Å². The summed E-state index contributed by atoms with van der Waals surface area (Å²) in [7, 11) is 0. The Bertz CT molecular complexity index is 426. The Morgan fingerprint density at radius 2 is 2.56 bits per heavy atom. The molecule has 0 saturated carbocycles. The van der Waals surface area contributed by atoms with Crippen LogP contribution < -0.4 is 5.32 Å². The number of amides is 1. The van der Waals surface area contributed by atoms with Gasteiger partial charge in [-0.25, -0.2) is 4.98 Å². The predicted octanol–water partition coefficient (Wildman–Crippen LogP) is 1.16. The molecular formula is C11H16AlN3O2S. The van der Waals surface area contributed by atoms with Crippen molar-refractivity contribution in [2.75, 3.05) is 11.9 Å². The van der Waals surface area contributed by atoms with Gasteiger partial charge >= 0.3 is 16.6 Å². The molecule has 0 aliphatic carbocycles. The van der Waals surface area contributed by atoms with Gasteiger partial charge in [-0.3, -0.25) is 9.69 Å². The molecule has 1 aliphatic heterocycles. The second-order valence-electron chi connectivity index (χ2n) is 4.59. The van der Waals surface area contributed by atoms with Gasteiger partial charge in [0.2, 0.25) is 5.91 Å². The lowest BCUT2D eigenvalue weighted by Crippen LogP contribution is -2.26. The number of nitrogens with zero attached hydrogens (tertiary/aromatic N) is 2. The molecule has 2 heterocycles. The maximum absolute atomic E-state index is 10.9. The zero-order valence-electron chi connectivity index (χ0n) is 10.5. The molecule has 0 unspecified atom stereocenters. The van der Waals surface area contributed by atoms with E-state index in [4.69, 9.17) is 3.79 Å². The molecule has 0 spiro atoms. The van der Waals surface area contributed by atoms with Crippen LogP contribution >= 0.6 is 11.3 Å². The number of carbonyl (C=O) groups is 1. The summed E-state index contributed by atoms with van der Waals surface area (Å²) in [5.74, 6) is -0.0816. The van der Waals surface area contributed by atoms with Crippen molar-refractivity contribution in [3.05, 3.63) is 11.1 Å². The minimum Gasteiger partial charge on any atom is -0.513 e. The lowest BCUT2D eigenvalue weighted by molar-refractivity contribution is -0.114. The Hall–Kier alpha value is -0.448. The van der Waals surface area contributed by atoms with Gasteiger partial charge in [-0.1, -0.05) is 0 Å². The minimum absolute atomic E-state index is 0.0816. The van der Waals surface area contributed by atoms with Gasteiger partial charge in [-0.05, 0) is 13.3 Å². The number of anilines is 1. The molecule has 96 valence electrons. The molecule has 1 aliphatic rings. The zero-order valence-corrected chi connectivity index (χ0v) is 12.5. The van der Waals surface area contributed by atoms with Gasteiger partial charge in [0.15, 0.2) is 5.13 Å². The van der Waals surface area contributed by atoms with Crippen LogP contribution in [-0.4, -0.2) is 51.1 Å². The molecule has 2 rings (SSSR count). The van der Waals surface area contributed by atoms with Crippen molar-refractivity contribution in [2.45, 2.75) is 39.0 Å². The number of carbonyl (C=O) groups excluding carboxylic acids is 1. The fraction of sp³-hybridized carbons (Fsp3) is 0.636. The van der Waals surface area contributed by atoms with Gasteiger partial charge in [0, 0.05) is 43.2 Å². The predicted molar refractivity (Wildman–Crippen MR) is 71.5 cm³/mol. The smallest absolute Gasteiger partial charge is 0.369 e. The van der Waals surface area contributed by atoms with Gasteiger partial charge in [0.25, 0.3) is 0 Å². The highest BCUT2D eigenvalue weighted by Crippen LogP contribution is 2.25. The summed E-state index contributed by atoms with van der Waals surface area (Å²) < 4.78 is 5.31. The van der Waals surface area contributed by atoms with Crippen molar-refractivity contribution >= 4 is 39.0 Å². The van der Waals surface area contributed by atoms with E-state index in [1.807, 2.05) is 6.20 Å². The summed E-state index contributed by atoms with van der Waals surface area (Å²) >= 11 is 3.87. The molecule has 5 nitrogen and oxygen atoms in total. The lowest BCUT2D eigenvalue weighted by Gasteiger charge is -2.19. The van der Waals surface area contributed by atoms with E-state index in [9.17, 15) is 4.79 Å². The molecule has 1 saturated heterocycles. The van der Waals surface area contributed by atoms with Gasteiger partial charge in [0.05, 0.1) is 0 Å². The van der Waals surface area contributed by atoms with E-state index in [0.29, 0.717) is 17.3 Å². The van der Waals surface area contributed by atoms with E-state index in [0.717, 1.165) is 24.4 Å². The number of hydrogen-bond donors (Lipinski definition) is 1. The summed E-state index contributed by atoms with van der Waals surface area (Å²) in [6.45, 7) is 5.50. The van der Waals surface area contributed by atoms with Crippen molar-refractivity contribution in [2.24, 2.45) is 0 Å². The van der Waals surface area contributed by atoms with Crippen molar-refractivity contribution in [3.8, 4) is 0 Å². The monoisotopic (exact) mass is 281 g/mol. The Morgan fingerprint density at radius 1 is 1.78 bits per heavy atom. The number of nitrogens with one attached hydrogen (secondary N) is 1. The lowest BCUT2D eigenvalue weighted by atomic mass is 10.2. The zero-order chi connectivity index (χ0) is 13.1. The number of rotatable bonds is 4. The third-order valence-electron chi connectivity index (χ3n) is 3.05. The number of aromatic nitrogens is 1. The van der Waals surface area contributed by atoms with Crippen LogP contribution in [0, 0.1) is 0 Å². The van der Waals surface area contributed by atoms with Crippen LogP contribution in [0.3, 0.4) is 0 Å². The van der Waals surface area contributed by atoms with Gasteiger partial charge in [-0.2, -0.15) is 0 Å². The largest absolute Gasteiger partial charge is 0.513 e. The molecule has 7 heteroatoms. The Morgan fingerprint density at radius 3 is 3.17 bits per heavy atom. The standard InChI is InChI=1S/C11H16N3O2S.Al/c1-7-3-9(16)5-14(7)6-10-4-12-11(17-10)13-8(2)15;/h4,7,9H,3,5-6H2,1-2H3,(H,12,13,15);/q-1;+1/t7-,9+;/m0./s1. The maximum Gasteiger partial charge on any atom is 0.369 e. The summed E-state index contributed by atoms with van der Waals surface area (Å²) in [6.07, 6.45) is 3.19. The van der Waals surface area contributed by atoms with Gasteiger partial charge in [0.1, 0.15) is 0 Å².